The molecule has 0 fully saturated rings. The average Bonchev–Trinajstić information content (AvgIpc) is 3.01. The van der Waals surface area contributed by atoms with Gasteiger partial charge in [-0.15, -0.1) is 11.3 Å². The lowest BCUT2D eigenvalue weighted by atomic mass is 10.2. The largest absolute Gasteiger partial charge is 0.494 e. The SMILES string of the molecule is COc1ccc(F)c(-c2nc(C(N)=O)c(-c3cccnc3)s2)c1F. The monoisotopic (exact) mass is 347 g/mol. The molecule has 2 N–H and O–H groups in total. The molecule has 0 radical (unpaired) electrons. The molecule has 3 rings (SSSR count). The highest BCUT2D eigenvalue weighted by molar-refractivity contribution is 7.18. The third-order valence-electron chi connectivity index (χ3n) is 3.27. The van der Waals surface area contributed by atoms with Gasteiger partial charge >= 0.3 is 0 Å². The summed E-state index contributed by atoms with van der Waals surface area (Å²) in [6.45, 7) is 0. The molecule has 5 nitrogen and oxygen atoms in total. The fraction of sp³-hybridized carbons (Fsp3) is 0.0625. The number of aromatic nitrogens is 2. The van der Waals surface area contributed by atoms with Crippen molar-refractivity contribution in [2.45, 2.75) is 0 Å². The minimum atomic E-state index is -0.889. The summed E-state index contributed by atoms with van der Waals surface area (Å²) in [4.78, 5) is 20.1. The molecule has 0 unspecified atom stereocenters. The smallest absolute Gasteiger partial charge is 0.268 e. The number of nitrogens with zero attached hydrogens (tertiary/aromatic N) is 2. The van der Waals surface area contributed by atoms with Crippen molar-refractivity contribution in [3.05, 3.63) is 54.0 Å². The van der Waals surface area contributed by atoms with Crippen LogP contribution in [-0.4, -0.2) is 23.0 Å². The van der Waals surface area contributed by atoms with E-state index in [4.69, 9.17) is 10.5 Å². The maximum atomic E-state index is 14.4. The number of benzene rings is 1. The molecular weight excluding hydrogens is 336 g/mol. The highest BCUT2D eigenvalue weighted by atomic mass is 32.1. The van der Waals surface area contributed by atoms with Crippen molar-refractivity contribution in [3.8, 4) is 26.8 Å². The van der Waals surface area contributed by atoms with Gasteiger partial charge in [-0.3, -0.25) is 9.78 Å². The van der Waals surface area contributed by atoms with Gasteiger partial charge in [-0.1, -0.05) is 6.07 Å². The predicted octanol–water partition coefficient (Wildman–Crippen LogP) is 3.26. The van der Waals surface area contributed by atoms with Crippen molar-refractivity contribution >= 4 is 17.2 Å². The Morgan fingerprint density at radius 3 is 2.71 bits per heavy atom. The van der Waals surface area contributed by atoms with Gasteiger partial charge in [0.05, 0.1) is 17.6 Å². The summed E-state index contributed by atoms with van der Waals surface area (Å²) < 4.78 is 33.4. The first-order valence-corrected chi connectivity index (χ1v) is 7.58. The van der Waals surface area contributed by atoms with Gasteiger partial charge in [0.1, 0.15) is 16.5 Å². The van der Waals surface area contributed by atoms with Gasteiger partial charge in [-0.25, -0.2) is 13.8 Å². The van der Waals surface area contributed by atoms with Gasteiger partial charge in [-0.2, -0.15) is 0 Å². The summed E-state index contributed by atoms with van der Waals surface area (Å²) in [6.07, 6.45) is 3.08. The van der Waals surface area contributed by atoms with Crippen LogP contribution in [-0.2, 0) is 0 Å². The Kier molecular flexibility index (Phi) is 4.22. The van der Waals surface area contributed by atoms with Crippen LogP contribution in [0.2, 0.25) is 0 Å². The lowest BCUT2D eigenvalue weighted by molar-refractivity contribution is 0.0997. The molecular formula is C16H11F2N3O2S. The van der Waals surface area contributed by atoms with Gasteiger partial charge in [-0.05, 0) is 18.2 Å². The predicted molar refractivity (Wildman–Crippen MR) is 85.8 cm³/mol. The number of methoxy groups -OCH3 is 1. The zero-order valence-electron chi connectivity index (χ0n) is 12.4. The van der Waals surface area contributed by atoms with Gasteiger partial charge in [0.15, 0.2) is 11.6 Å². The van der Waals surface area contributed by atoms with Crippen molar-refractivity contribution in [2.75, 3.05) is 7.11 Å². The van der Waals surface area contributed by atoms with Gasteiger partial charge in [0, 0.05) is 18.0 Å². The molecule has 2 heterocycles. The number of primary amides is 1. The quantitative estimate of drug-likeness (QED) is 0.786. The number of rotatable bonds is 4. The summed E-state index contributed by atoms with van der Waals surface area (Å²) in [6, 6.07) is 5.63. The van der Waals surface area contributed by atoms with Gasteiger partial charge in [0.2, 0.25) is 0 Å². The van der Waals surface area contributed by atoms with Crippen LogP contribution < -0.4 is 10.5 Å². The molecule has 0 aliphatic carbocycles. The van der Waals surface area contributed by atoms with Gasteiger partial charge in [0.25, 0.3) is 5.91 Å². The number of hydrogen-bond acceptors (Lipinski definition) is 5. The molecule has 122 valence electrons. The number of pyridine rings is 1. The normalized spacial score (nSPS) is 10.6. The number of carbonyl (C=O) groups excluding carboxylic acids is 1. The molecule has 8 heteroatoms. The van der Waals surface area contributed by atoms with Crippen molar-refractivity contribution in [1.82, 2.24) is 9.97 Å². The summed E-state index contributed by atoms with van der Waals surface area (Å²) in [5.41, 5.74) is 5.50. The molecule has 0 aliphatic heterocycles. The molecule has 0 aliphatic rings. The lowest BCUT2D eigenvalue weighted by Crippen LogP contribution is -2.12. The van der Waals surface area contributed by atoms with Crippen LogP contribution in [0.3, 0.4) is 0 Å². The topological polar surface area (TPSA) is 78.1 Å². The van der Waals surface area contributed by atoms with Gasteiger partial charge < -0.3 is 10.5 Å². The van der Waals surface area contributed by atoms with E-state index in [0.717, 1.165) is 17.4 Å². The van der Waals surface area contributed by atoms with E-state index >= 15 is 0 Å². The molecule has 0 saturated heterocycles. The molecule has 1 aromatic carbocycles. The van der Waals surface area contributed by atoms with E-state index in [1.165, 1.54) is 19.4 Å². The van der Waals surface area contributed by atoms with Crippen LogP contribution in [0.25, 0.3) is 21.0 Å². The van der Waals surface area contributed by atoms with Crippen molar-refractivity contribution in [2.24, 2.45) is 5.73 Å². The van der Waals surface area contributed by atoms with E-state index in [1.54, 1.807) is 18.3 Å². The Hall–Kier alpha value is -2.87. The highest BCUT2D eigenvalue weighted by Gasteiger charge is 2.24. The third-order valence-corrected chi connectivity index (χ3v) is 4.40. The fourth-order valence-corrected chi connectivity index (χ4v) is 3.27. The van der Waals surface area contributed by atoms with E-state index in [0.29, 0.717) is 10.4 Å². The minimum Gasteiger partial charge on any atom is -0.494 e. The molecule has 0 spiro atoms. The average molecular weight is 347 g/mol. The summed E-state index contributed by atoms with van der Waals surface area (Å²) in [7, 11) is 1.28. The molecule has 24 heavy (non-hydrogen) atoms. The van der Waals surface area contributed by atoms with Crippen molar-refractivity contribution < 1.29 is 18.3 Å². The first kappa shape index (κ1) is 16.0. The number of halogens is 2. The lowest BCUT2D eigenvalue weighted by Gasteiger charge is -2.06. The van der Waals surface area contributed by atoms with Crippen LogP contribution in [0, 0.1) is 11.6 Å². The van der Waals surface area contributed by atoms with Crippen molar-refractivity contribution in [1.29, 1.82) is 0 Å². The fourth-order valence-electron chi connectivity index (χ4n) is 2.17. The van der Waals surface area contributed by atoms with E-state index in [2.05, 4.69) is 9.97 Å². The summed E-state index contributed by atoms with van der Waals surface area (Å²) in [5, 5.41) is -0.00319. The van der Waals surface area contributed by atoms with E-state index < -0.39 is 17.5 Å². The molecule has 0 saturated carbocycles. The second-order valence-electron chi connectivity index (χ2n) is 4.74. The molecule has 3 aromatic rings. The number of ether oxygens (including phenoxy) is 1. The van der Waals surface area contributed by atoms with E-state index in [-0.39, 0.29) is 22.0 Å². The number of amides is 1. The molecule has 0 bridgehead atoms. The summed E-state index contributed by atoms with van der Waals surface area (Å²) in [5.74, 6) is -2.61. The van der Waals surface area contributed by atoms with E-state index in [1.807, 2.05) is 0 Å². The Morgan fingerprint density at radius 2 is 2.08 bits per heavy atom. The first-order valence-electron chi connectivity index (χ1n) is 6.76. The number of thiazole rings is 1. The van der Waals surface area contributed by atoms with Crippen LogP contribution in [0.4, 0.5) is 8.78 Å². The standard InChI is InChI=1S/C16H11F2N3O2S/c1-23-10-5-4-9(17)11(12(10)18)16-21-13(15(19)22)14(24-16)8-3-2-6-20-7-8/h2-7H,1H3,(H2,19,22). The highest BCUT2D eigenvalue weighted by Crippen LogP contribution is 2.39. The minimum absolute atomic E-state index is 0.00319. The maximum Gasteiger partial charge on any atom is 0.268 e. The van der Waals surface area contributed by atoms with Crippen LogP contribution in [0.5, 0.6) is 5.75 Å². The third kappa shape index (κ3) is 2.71. The molecule has 2 aromatic heterocycles. The Bertz CT molecular complexity index is 913. The van der Waals surface area contributed by atoms with Crippen LogP contribution >= 0.6 is 11.3 Å². The second-order valence-corrected chi connectivity index (χ2v) is 5.74. The number of carbonyl (C=O) groups is 1. The summed E-state index contributed by atoms with van der Waals surface area (Å²) >= 11 is 0.954. The van der Waals surface area contributed by atoms with Crippen LogP contribution in [0.1, 0.15) is 10.5 Å². The zero-order chi connectivity index (χ0) is 17.3. The Labute approximate surface area is 139 Å². The maximum absolute atomic E-state index is 14.4. The number of nitrogens with two attached hydrogens (primary N) is 1. The number of hydrogen-bond donors (Lipinski definition) is 1. The van der Waals surface area contributed by atoms with Crippen molar-refractivity contribution in [3.63, 3.8) is 0 Å². The Morgan fingerprint density at radius 1 is 1.29 bits per heavy atom. The van der Waals surface area contributed by atoms with Crippen LogP contribution in [0.15, 0.2) is 36.7 Å². The molecule has 1 amide bonds. The zero-order valence-corrected chi connectivity index (χ0v) is 13.2. The Balaban J connectivity index is 2.23. The molecule has 0 atom stereocenters. The van der Waals surface area contributed by atoms with E-state index in [9.17, 15) is 13.6 Å². The second kappa shape index (κ2) is 6.32. The first-order chi connectivity index (χ1) is 11.5.